The fourth-order valence-electron chi connectivity index (χ4n) is 1.64. The first-order valence-corrected chi connectivity index (χ1v) is 7.09. The molecule has 112 valence electrons. The maximum atomic E-state index is 12.2. The number of nitrogens with zero attached hydrogens (tertiary/aromatic N) is 1. The maximum absolute atomic E-state index is 12.2. The van der Waals surface area contributed by atoms with Crippen LogP contribution in [-0.4, -0.2) is 30.2 Å². The van der Waals surface area contributed by atoms with Gasteiger partial charge in [0.05, 0.1) is 26.0 Å². The molecule has 1 aromatic carbocycles. The number of aliphatic hydroxyl groups excluding tert-OH is 1. The van der Waals surface area contributed by atoms with Crippen molar-refractivity contribution in [1.29, 1.82) is 0 Å². The summed E-state index contributed by atoms with van der Waals surface area (Å²) in [5, 5.41) is 14.2. The highest BCUT2D eigenvalue weighted by Gasteiger charge is 2.13. The number of carbonyl (C=O) groups is 1. The SMILES string of the molecule is COc1cc(OC)cc(C(=O)Nc2nc(C(C)O)cs2)c1. The summed E-state index contributed by atoms with van der Waals surface area (Å²) in [5.41, 5.74) is 0.929. The summed E-state index contributed by atoms with van der Waals surface area (Å²) in [7, 11) is 3.04. The van der Waals surface area contributed by atoms with E-state index in [1.54, 1.807) is 30.5 Å². The molecule has 0 fully saturated rings. The number of amides is 1. The average Bonchev–Trinajstić information content (AvgIpc) is 2.95. The number of aliphatic hydroxyl groups is 1. The van der Waals surface area contributed by atoms with Crippen LogP contribution >= 0.6 is 11.3 Å². The van der Waals surface area contributed by atoms with E-state index in [0.29, 0.717) is 27.9 Å². The third-order valence-electron chi connectivity index (χ3n) is 2.78. The Morgan fingerprint density at radius 3 is 2.38 bits per heavy atom. The van der Waals surface area contributed by atoms with Gasteiger partial charge in [0.2, 0.25) is 0 Å². The van der Waals surface area contributed by atoms with Gasteiger partial charge in [0.25, 0.3) is 5.91 Å². The summed E-state index contributed by atoms with van der Waals surface area (Å²) in [6, 6.07) is 4.91. The molecule has 0 bridgehead atoms. The van der Waals surface area contributed by atoms with Crippen LogP contribution in [0.25, 0.3) is 0 Å². The van der Waals surface area contributed by atoms with Crippen LogP contribution in [0.15, 0.2) is 23.6 Å². The fraction of sp³-hybridized carbons (Fsp3) is 0.286. The second kappa shape index (κ2) is 6.55. The lowest BCUT2D eigenvalue weighted by Gasteiger charge is -2.08. The van der Waals surface area contributed by atoms with Gasteiger partial charge < -0.3 is 14.6 Å². The third-order valence-corrected chi connectivity index (χ3v) is 3.56. The fourth-order valence-corrected chi connectivity index (χ4v) is 2.44. The van der Waals surface area contributed by atoms with Crippen LogP contribution in [0.1, 0.15) is 29.1 Å². The Hall–Kier alpha value is -2.12. The Labute approximate surface area is 126 Å². The van der Waals surface area contributed by atoms with Crippen molar-refractivity contribution in [3.05, 3.63) is 34.8 Å². The average molecular weight is 308 g/mol. The predicted octanol–water partition coefficient (Wildman–Crippen LogP) is 2.47. The van der Waals surface area contributed by atoms with E-state index in [2.05, 4.69) is 10.3 Å². The standard InChI is InChI=1S/C14H16N2O4S/c1-8(17)12-7-21-14(15-12)16-13(18)9-4-10(19-2)6-11(5-9)20-3/h4-8,17H,1-3H3,(H,15,16,18). The van der Waals surface area contributed by atoms with E-state index in [0.717, 1.165) is 0 Å². The quantitative estimate of drug-likeness (QED) is 0.887. The number of nitrogens with one attached hydrogen (secondary N) is 1. The van der Waals surface area contributed by atoms with Gasteiger partial charge >= 0.3 is 0 Å². The molecule has 6 nitrogen and oxygen atoms in total. The minimum atomic E-state index is -0.663. The van der Waals surface area contributed by atoms with Crippen molar-refractivity contribution >= 4 is 22.4 Å². The van der Waals surface area contributed by atoms with Crippen LogP contribution in [0, 0.1) is 0 Å². The van der Waals surface area contributed by atoms with Crippen LogP contribution < -0.4 is 14.8 Å². The van der Waals surface area contributed by atoms with Crippen molar-refractivity contribution in [2.75, 3.05) is 19.5 Å². The molecule has 0 aliphatic rings. The number of hydrogen-bond acceptors (Lipinski definition) is 6. The van der Waals surface area contributed by atoms with Gasteiger partial charge in [-0.3, -0.25) is 10.1 Å². The van der Waals surface area contributed by atoms with Gasteiger partial charge in [0, 0.05) is 17.0 Å². The van der Waals surface area contributed by atoms with Crippen molar-refractivity contribution in [1.82, 2.24) is 4.98 Å². The Kier molecular flexibility index (Phi) is 4.77. The molecule has 1 atom stereocenters. The molecule has 2 rings (SSSR count). The lowest BCUT2D eigenvalue weighted by atomic mass is 10.2. The molecular formula is C14H16N2O4S. The summed E-state index contributed by atoms with van der Waals surface area (Å²) in [4.78, 5) is 16.3. The molecule has 7 heteroatoms. The predicted molar refractivity (Wildman–Crippen MR) is 80.2 cm³/mol. The molecule has 2 N–H and O–H groups in total. The van der Waals surface area contributed by atoms with E-state index in [1.807, 2.05) is 0 Å². The number of methoxy groups -OCH3 is 2. The lowest BCUT2D eigenvalue weighted by molar-refractivity contribution is 0.102. The van der Waals surface area contributed by atoms with Gasteiger partial charge in [0.1, 0.15) is 11.5 Å². The molecule has 21 heavy (non-hydrogen) atoms. The minimum absolute atomic E-state index is 0.321. The number of anilines is 1. The summed E-state index contributed by atoms with van der Waals surface area (Å²) in [6.07, 6.45) is -0.663. The van der Waals surface area contributed by atoms with Crippen LogP contribution in [0.4, 0.5) is 5.13 Å². The molecule has 0 aliphatic carbocycles. The second-order valence-electron chi connectivity index (χ2n) is 4.31. The molecule has 1 heterocycles. The smallest absolute Gasteiger partial charge is 0.257 e. The molecule has 1 unspecified atom stereocenters. The first kappa shape index (κ1) is 15.3. The topological polar surface area (TPSA) is 80.7 Å². The number of hydrogen-bond donors (Lipinski definition) is 2. The molecule has 1 aromatic heterocycles. The molecule has 0 radical (unpaired) electrons. The molecule has 0 aliphatic heterocycles. The van der Waals surface area contributed by atoms with Gasteiger partial charge in [-0.2, -0.15) is 0 Å². The Bertz CT molecular complexity index is 617. The monoisotopic (exact) mass is 308 g/mol. The highest BCUT2D eigenvalue weighted by molar-refractivity contribution is 7.14. The number of rotatable bonds is 5. The second-order valence-corrected chi connectivity index (χ2v) is 5.17. The Morgan fingerprint density at radius 2 is 1.90 bits per heavy atom. The van der Waals surface area contributed by atoms with Crippen LogP contribution in [0.2, 0.25) is 0 Å². The van der Waals surface area contributed by atoms with Gasteiger partial charge in [-0.25, -0.2) is 4.98 Å². The first-order valence-electron chi connectivity index (χ1n) is 6.21. The highest BCUT2D eigenvalue weighted by atomic mass is 32.1. The van der Waals surface area contributed by atoms with E-state index in [9.17, 15) is 9.90 Å². The van der Waals surface area contributed by atoms with Crippen LogP contribution in [0.5, 0.6) is 11.5 Å². The summed E-state index contributed by atoms with van der Waals surface area (Å²) in [5.74, 6) is 0.741. The summed E-state index contributed by atoms with van der Waals surface area (Å²) < 4.78 is 10.3. The van der Waals surface area contributed by atoms with Crippen LogP contribution in [-0.2, 0) is 0 Å². The van der Waals surface area contributed by atoms with Gasteiger partial charge in [0.15, 0.2) is 5.13 Å². The van der Waals surface area contributed by atoms with E-state index < -0.39 is 6.10 Å². The van der Waals surface area contributed by atoms with E-state index in [4.69, 9.17) is 9.47 Å². The summed E-state index contributed by atoms with van der Waals surface area (Å²) >= 11 is 1.26. The summed E-state index contributed by atoms with van der Waals surface area (Å²) in [6.45, 7) is 1.62. The molecule has 0 spiro atoms. The van der Waals surface area contributed by atoms with E-state index >= 15 is 0 Å². The van der Waals surface area contributed by atoms with Crippen molar-refractivity contribution in [3.8, 4) is 11.5 Å². The van der Waals surface area contributed by atoms with Crippen molar-refractivity contribution in [3.63, 3.8) is 0 Å². The van der Waals surface area contributed by atoms with Gasteiger partial charge in [-0.1, -0.05) is 0 Å². The Morgan fingerprint density at radius 1 is 1.29 bits per heavy atom. The highest BCUT2D eigenvalue weighted by Crippen LogP contribution is 2.24. The zero-order valence-electron chi connectivity index (χ0n) is 11.9. The van der Waals surface area contributed by atoms with E-state index in [-0.39, 0.29) is 5.91 Å². The van der Waals surface area contributed by atoms with Crippen molar-refractivity contribution < 1.29 is 19.4 Å². The number of aromatic nitrogens is 1. The normalized spacial score (nSPS) is 11.8. The first-order chi connectivity index (χ1) is 10.0. The minimum Gasteiger partial charge on any atom is -0.497 e. The number of ether oxygens (including phenoxy) is 2. The number of thiazole rings is 1. The van der Waals surface area contributed by atoms with Crippen molar-refractivity contribution in [2.45, 2.75) is 13.0 Å². The molecule has 1 amide bonds. The molecule has 0 saturated carbocycles. The van der Waals surface area contributed by atoms with Crippen LogP contribution in [0.3, 0.4) is 0 Å². The number of carbonyl (C=O) groups excluding carboxylic acids is 1. The largest absolute Gasteiger partial charge is 0.497 e. The van der Waals surface area contributed by atoms with Crippen molar-refractivity contribution in [2.24, 2.45) is 0 Å². The molecule has 0 saturated heterocycles. The van der Waals surface area contributed by atoms with Gasteiger partial charge in [-0.15, -0.1) is 11.3 Å². The third kappa shape index (κ3) is 3.71. The lowest BCUT2D eigenvalue weighted by Crippen LogP contribution is -2.12. The maximum Gasteiger partial charge on any atom is 0.257 e. The number of benzene rings is 1. The van der Waals surface area contributed by atoms with E-state index in [1.165, 1.54) is 25.6 Å². The van der Waals surface area contributed by atoms with Gasteiger partial charge in [-0.05, 0) is 19.1 Å². The Balaban J connectivity index is 2.19. The zero-order valence-corrected chi connectivity index (χ0v) is 12.7. The molecular weight excluding hydrogens is 292 g/mol. The zero-order chi connectivity index (χ0) is 15.4. The molecule has 2 aromatic rings.